The molecule has 11 heavy (non-hydrogen) atoms. The Morgan fingerprint density at radius 3 is 2.55 bits per heavy atom. The van der Waals surface area contributed by atoms with Crippen molar-refractivity contribution in [3.8, 4) is 0 Å². The van der Waals surface area contributed by atoms with Gasteiger partial charge in [-0.25, -0.2) is 4.99 Å². The Kier molecular flexibility index (Phi) is 2.38. The van der Waals surface area contributed by atoms with Crippen molar-refractivity contribution in [1.82, 2.24) is 0 Å². The average molecular weight is 147 g/mol. The van der Waals surface area contributed by atoms with Crippen LogP contribution in [0.25, 0.3) is 0 Å². The number of guanidine groups is 1. The first kappa shape index (κ1) is 7.47. The van der Waals surface area contributed by atoms with Crippen molar-refractivity contribution >= 4 is 12.2 Å². The van der Waals surface area contributed by atoms with Crippen LogP contribution in [0.2, 0.25) is 0 Å². The van der Waals surface area contributed by atoms with Crippen molar-refractivity contribution in [3.05, 3.63) is 35.9 Å². The molecule has 0 aliphatic rings. The minimum Gasteiger partial charge on any atom is -0.368 e. The van der Waals surface area contributed by atoms with Gasteiger partial charge in [0.25, 0.3) is 0 Å². The Morgan fingerprint density at radius 2 is 2.00 bits per heavy atom. The molecule has 1 aromatic carbocycles. The van der Waals surface area contributed by atoms with E-state index in [-0.39, 0.29) is 5.96 Å². The predicted octanol–water partition coefficient (Wildman–Crippen LogP) is 0.999. The van der Waals surface area contributed by atoms with E-state index in [1.54, 1.807) is 6.21 Å². The summed E-state index contributed by atoms with van der Waals surface area (Å²) in [6.45, 7) is 0. The zero-order valence-corrected chi connectivity index (χ0v) is 5.99. The maximum Gasteiger partial charge on any atom is 0.212 e. The molecule has 0 radical (unpaired) electrons. The highest BCUT2D eigenvalue weighted by Gasteiger charge is 1.82. The van der Waals surface area contributed by atoms with E-state index in [9.17, 15) is 0 Å². The molecule has 0 saturated carbocycles. The highest BCUT2D eigenvalue weighted by atomic mass is 15.0. The van der Waals surface area contributed by atoms with E-state index in [1.165, 1.54) is 0 Å². The molecule has 0 amide bonds. The second-order valence-electron chi connectivity index (χ2n) is 2.05. The van der Waals surface area contributed by atoms with E-state index in [0.29, 0.717) is 0 Å². The lowest BCUT2D eigenvalue weighted by molar-refractivity contribution is 1.38. The molecule has 0 atom stereocenters. The third-order valence-electron chi connectivity index (χ3n) is 1.15. The van der Waals surface area contributed by atoms with Crippen molar-refractivity contribution in [2.75, 3.05) is 0 Å². The standard InChI is InChI=1S/C8H9N3/c9-8(10)11-6-7-4-2-1-3-5-7/h1-6H,(H3,9,10)/b11-6+. The lowest BCUT2D eigenvalue weighted by Crippen LogP contribution is -2.05. The molecular formula is C8H9N3. The second-order valence-corrected chi connectivity index (χ2v) is 2.05. The summed E-state index contributed by atoms with van der Waals surface area (Å²) >= 11 is 0. The largest absolute Gasteiger partial charge is 0.368 e. The number of benzene rings is 1. The highest BCUT2D eigenvalue weighted by molar-refractivity contribution is 5.91. The molecule has 0 aliphatic carbocycles. The molecule has 3 heteroatoms. The van der Waals surface area contributed by atoms with Crippen molar-refractivity contribution < 1.29 is 0 Å². The fourth-order valence-corrected chi connectivity index (χ4v) is 0.683. The van der Waals surface area contributed by atoms with Crippen LogP contribution in [0.5, 0.6) is 0 Å². The molecule has 3 N–H and O–H groups in total. The van der Waals surface area contributed by atoms with Crippen LogP contribution in [-0.4, -0.2) is 12.2 Å². The maximum atomic E-state index is 6.82. The van der Waals surface area contributed by atoms with Gasteiger partial charge in [-0.15, -0.1) is 0 Å². The van der Waals surface area contributed by atoms with Gasteiger partial charge >= 0.3 is 0 Å². The van der Waals surface area contributed by atoms with Gasteiger partial charge in [0.2, 0.25) is 5.96 Å². The number of nitrogens with zero attached hydrogens (tertiary/aromatic N) is 1. The van der Waals surface area contributed by atoms with Crippen molar-refractivity contribution in [2.24, 2.45) is 10.7 Å². The molecular weight excluding hydrogens is 138 g/mol. The molecule has 3 nitrogen and oxygen atoms in total. The monoisotopic (exact) mass is 147 g/mol. The lowest BCUT2D eigenvalue weighted by atomic mass is 10.2. The van der Waals surface area contributed by atoms with Gasteiger partial charge in [0.1, 0.15) is 0 Å². The van der Waals surface area contributed by atoms with Crippen LogP contribution in [0.4, 0.5) is 0 Å². The van der Waals surface area contributed by atoms with Gasteiger partial charge in [-0.1, -0.05) is 30.3 Å². The Labute approximate surface area is 65.1 Å². The topological polar surface area (TPSA) is 62.2 Å². The summed E-state index contributed by atoms with van der Waals surface area (Å²) < 4.78 is 0. The Hall–Kier alpha value is -1.64. The summed E-state index contributed by atoms with van der Waals surface area (Å²) in [5, 5.41) is 6.82. The molecule has 0 aliphatic heterocycles. The van der Waals surface area contributed by atoms with Gasteiger partial charge in [-0.05, 0) is 5.56 Å². The van der Waals surface area contributed by atoms with Gasteiger partial charge in [0.05, 0.1) is 0 Å². The van der Waals surface area contributed by atoms with E-state index in [4.69, 9.17) is 11.1 Å². The van der Waals surface area contributed by atoms with Gasteiger partial charge in [-0.2, -0.15) is 0 Å². The number of nitrogens with two attached hydrogens (primary N) is 1. The predicted molar refractivity (Wildman–Crippen MR) is 46.0 cm³/mol. The molecule has 1 rings (SSSR count). The summed E-state index contributed by atoms with van der Waals surface area (Å²) in [5.74, 6) is -0.172. The molecule has 56 valence electrons. The zero-order valence-electron chi connectivity index (χ0n) is 5.99. The van der Waals surface area contributed by atoms with E-state index in [0.717, 1.165) is 5.56 Å². The number of hydrogen-bond acceptors (Lipinski definition) is 1. The van der Waals surface area contributed by atoms with Crippen molar-refractivity contribution in [2.45, 2.75) is 0 Å². The summed E-state index contributed by atoms with van der Waals surface area (Å²) in [6, 6.07) is 9.52. The Bertz CT molecular complexity index is 264. The molecule has 0 spiro atoms. The zero-order chi connectivity index (χ0) is 8.10. The van der Waals surface area contributed by atoms with Crippen LogP contribution in [0.1, 0.15) is 5.56 Å². The summed E-state index contributed by atoms with van der Waals surface area (Å²) in [7, 11) is 0. The van der Waals surface area contributed by atoms with E-state index < -0.39 is 0 Å². The summed E-state index contributed by atoms with van der Waals surface area (Å²) in [6.07, 6.45) is 1.56. The van der Waals surface area contributed by atoms with E-state index in [2.05, 4.69) is 4.99 Å². The third kappa shape index (κ3) is 2.62. The SMILES string of the molecule is N=C(N)/N=C/c1ccccc1. The summed E-state index contributed by atoms with van der Waals surface area (Å²) in [5.41, 5.74) is 5.97. The first-order chi connectivity index (χ1) is 5.29. The smallest absolute Gasteiger partial charge is 0.212 e. The van der Waals surface area contributed by atoms with Crippen LogP contribution < -0.4 is 5.73 Å². The molecule has 1 aromatic rings. The van der Waals surface area contributed by atoms with E-state index >= 15 is 0 Å². The normalized spacial score (nSPS) is 10.2. The molecule has 0 fully saturated rings. The first-order valence-corrected chi connectivity index (χ1v) is 3.22. The number of nitrogens with one attached hydrogen (secondary N) is 1. The number of rotatable bonds is 1. The molecule has 0 unspecified atom stereocenters. The number of aliphatic imine (C=N–C) groups is 1. The fourth-order valence-electron chi connectivity index (χ4n) is 0.683. The maximum absolute atomic E-state index is 6.82. The molecule has 0 bridgehead atoms. The van der Waals surface area contributed by atoms with Gasteiger partial charge in [0, 0.05) is 6.21 Å². The van der Waals surface area contributed by atoms with Crippen molar-refractivity contribution in [1.29, 1.82) is 5.41 Å². The van der Waals surface area contributed by atoms with Crippen LogP contribution in [0.15, 0.2) is 35.3 Å². The Morgan fingerprint density at radius 1 is 1.36 bits per heavy atom. The quantitative estimate of drug-likeness (QED) is 0.451. The summed E-state index contributed by atoms with van der Waals surface area (Å²) in [4.78, 5) is 3.63. The van der Waals surface area contributed by atoms with Gasteiger partial charge < -0.3 is 5.73 Å². The number of hydrogen-bond donors (Lipinski definition) is 2. The Balaban J connectivity index is 2.72. The van der Waals surface area contributed by atoms with Crippen molar-refractivity contribution in [3.63, 3.8) is 0 Å². The second kappa shape index (κ2) is 3.51. The first-order valence-electron chi connectivity index (χ1n) is 3.22. The van der Waals surface area contributed by atoms with Crippen LogP contribution in [0, 0.1) is 5.41 Å². The molecule has 0 aromatic heterocycles. The third-order valence-corrected chi connectivity index (χ3v) is 1.15. The average Bonchev–Trinajstić information content (AvgIpc) is 2.03. The molecule has 0 heterocycles. The minimum absolute atomic E-state index is 0.172. The van der Waals surface area contributed by atoms with E-state index in [1.807, 2.05) is 30.3 Å². The van der Waals surface area contributed by atoms with Crippen LogP contribution >= 0.6 is 0 Å². The van der Waals surface area contributed by atoms with Crippen LogP contribution in [-0.2, 0) is 0 Å². The lowest BCUT2D eigenvalue weighted by Gasteiger charge is -1.88. The fraction of sp³-hybridized carbons (Fsp3) is 0. The molecule has 0 saturated heterocycles. The highest BCUT2D eigenvalue weighted by Crippen LogP contribution is 1.93. The van der Waals surface area contributed by atoms with Crippen LogP contribution in [0.3, 0.4) is 0 Å². The van der Waals surface area contributed by atoms with Gasteiger partial charge in [-0.3, -0.25) is 5.41 Å². The minimum atomic E-state index is -0.172. The van der Waals surface area contributed by atoms with Gasteiger partial charge in [0.15, 0.2) is 0 Å².